The van der Waals surface area contributed by atoms with Crippen molar-refractivity contribution in [3.63, 3.8) is 0 Å². The molecule has 0 aromatic heterocycles. The van der Waals surface area contributed by atoms with E-state index < -0.39 is 0 Å². The van der Waals surface area contributed by atoms with Gasteiger partial charge in [0.25, 0.3) is 0 Å². The van der Waals surface area contributed by atoms with Crippen LogP contribution in [-0.2, 0) is 6.54 Å². The predicted molar refractivity (Wildman–Crippen MR) is 107 cm³/mol. The molecule has 0 bridgehead atoms. The van der Waals surface area contributed by atoms with Crippen molar-refractivity contribution in [2.24, 2.45) is 0 Å². The van der Waals surface area contributed by atoms with Gasteiger partial charge in [-0.15, -0.1) is 0 Å². The fraction of sp³-hybridized carbons (Fsp3) is 0.409. The Morgan fingerprint density at radius 2 is 1.86 bits per heavy atom. The summed E-state index contributed by atoms with van der Waals surface area (Å²) in [6, 6.07) is 13.2. The molecular formula is C22H26N2O4. The Morgan fingerprint density at radius 3 is 2.61 bits per heavy atom. The van der Waals surface area contributed by atoms with Crippen molar-refractivity contribution in [2.75, 3.05) is 18.7 Å². The van der Waals surface area contributed by atoms with Crippen LogP contribution in [0.2, 0.25) is 0 Å². The molecule has 1 saturated carbocycles. The number of rotatable bonds is 6. The summed E-state index contributed by atoms with van der Waals surface area (Å²) in [4.78, 5) is 14.4. The number of amides is 2. The zero-order chi connectivity index (χ0) is 19.3. The average Bonchev–Trinajstić information content (AvgIpc) is 3.39. The average molecular weight is 382 g/mol. The molecule has 2 aromatic carbocycles. The van der Waals surface area contributed by atoms with Crippen molar-refractivity contribution in [2.45, 2.75) is 45.3 Å². The molecule has 0 spiro atoms. The van der Waals surface area contributed by atoms with Gasteiger partial charge in [0.05, 0.1) is 6.10 Å². The molecule has 6 heteroatoms. The lowest BCUT2D eigenvalue weighted by Gasteiger charge is -2.22. The minimum Gasteiger partial charge on any atom is -0.490 e. The Bertz CT molecular complexity index is 816. The van der Waals surface area contributed by atoms with E-state index in [0.717, 1.165) is 41.3 Å². The number of hydrogen-bond donors (Lipinski definition) is 1. The summed E-state index contributed by atoms with van der Waals surface area (Å²) < 4.78 is 16.7. The fourth-order valence-corrected chi connectivity index (χ4v) is 3.60. The maximum atomic E-state index is 12.7. The van der Waals surface area contributed by atoms with E-state index in [1.807, 2.05) is 49.4 Å². The SMILES string of the molecule is CCN(Cc1ccc2c(c1)OCO2)C(=O)Nc1ccc(OC2CCCC2)cc1. The Labute approximate surface area is 165 Å². The Morgan fingerprint density at radius 1 is 1.11 bits per heavy atom. The van der Waals surface area contributed by atoms with E-state index >= 15 is 0 Å². The molecule has 0 saturated heterocycles. The first-order chi connectivity index (χ1) is 13.7. The van der Waals surface area contributed by atoms with Gasteiger partial charge < -0.3 is 24.4 Å². The van der Waals surface area contributed by atoms with Crippen LogP contribution in [0.5, 0.6) is 17.2 Å². The lowest BCUT2D eigenvalue weighted by molar-refractivity contribution is 0.174. The number of anilines is 1. The first-order valence-electron chi connectivity index (χ1n) is 9.92. The van der Waals surface area contributed by atoms with Crippen LogP contribution in [0.3, 0.4) is 0 Å². The van der Waals surface area contributed by atoms with Gasteiger partial charge in [0.15, 0.2) is 11.5 Å². The van der Waals surface area contributed by atoms with E-state index in [9.17, 15) is 4.79 Å². The zero-order valence-corrected chi connectivity index (χ0v) is 16.1. The van der Waals surface area contributed by atoms with Crippen molar-refractivity contribution in [1.29, 1.82) is 0 Å². The van der Waals surface area contributed by atoms with Crippen LogP contribution >= 0.6 is 0 Å². The van der Waals surface area contributed by atoms with Crippen LogP contribution in [-0.4, -0.2) is 30.4 Å². The van der Waals surface area contributed by atoms with Crippen LogP contribution < -0.4 is 19.5 Å². The predicted octanol–water partition coefficient (Wildman–Crippen LogP) is 4.79. The Balaban J connectivity index is 1.34. The standard InChI is InChI=1S/C22H26N2O4/c1-2-24(14-16-7-12-20-21(13-16)27-15-26-20)22(25)23-17-8-10-19(11-9-17)28-18-5-3-4-6-18/h7-13,18H,2-6,14-15H2,1H3,(H,23,25). The summed E-state index contributed by atoms with van der Waals surface area (Å²) in [5.41, 5.74) is 1.76. The lowest BCUT2D eigenvalue weighted by atomic mass is 10.2. The largest absolute Gasteiger partial charge is 0.490 e. The number of nitrogens with zero attached hydrogens (tertiary/aromatic N) is 1. The van der Waals surface area contributed by atoms with Gasteiger partial charge in [-0.1, -0.05) is 6.07 Å². The number of nitrogens with one attached hydrogen (secondary N) is 1. The molecule has 1 aliphatic heterocycles. The highest BCUT2D eigenvalue weighted by atomic mass is 16.7. The topological polar surface area (TPSA) is 60.0 Å². The van der Waals surface area contributed by atoms with E-state index in [4.69, 9.17) is 14.2 Å². The van der Waals surface area contributed by atoms with Gasteiger partial charge >= 0.3 is 6.03 Å². The van der Waals surface area contributed by atoms with E-state index in [2.05, 4.69) is 5.32 Å². The minimum atomic E-state index is -0.135. The molecule has 0 unspecified atom stereocenters. The first-order valence-corrected chi connectivity index (χ1v) is 9.92. The smallest absolute Gasteiger partial charge is 0.322 e. The molecule has 2 amide bonds. The summed E-state index contributed by atoms with van der Waals surface area (Å²) in [5, 5.41) is 2.96. The number of hydrogen-bond acceptors (Lipinski definition) is 4. The van der Waals surface area contributed by atoms with Gasteiger partial charge in [-0.2, -0.15) is 0 Å². The summed E-state index contributed by atoms with van der Waals surface area (Å²) in [6.07, 6.45) is 5.08. The first kappa shape index (κ1) is 18.5. The highest BCUT2D eigenvalue weighted by Crippen LogP contribution is 2.33. The maximum Gasteiger partial charge on any atom is 0.322 e. The number of benzene rings is 2. The molecule has 2 aliphatic rings. The van der Waals surface area contributed by atoms with E-state index in [1.165, 1.54) is 12.8 Å². The van der Waals surface area contributed by atoms with Crippen molar-refractivity contribution in [3.05, 3.63) is 48.0 Å². The van der Waals surface area contributed by atoms with Gasteiger partial charge in [0.2, 0.25) is 6.79 Å². The van der Waals surface area contributed by atoms with Gasteiger partial charge in [-0.05, 0) is 74.6 Å². The molecule has 2 aromatic rings. The fourth-order valence-electron chi connectivity index (χ4n) is 3.60. The molecular weight excluding hydrogens is 356 g/mol. The Kier molecular flexibility index (Phi) is 5.55. The third kappa shape index (κ3) is 4.32. The van der Waals surface area contributed by atoms with Crippen LogP contribution in [0.15, 0.2) is 42.5 Å². The van der Waals surface area contributed by atoms with Gasteiger partial charge in [0.1, 0.15) is 5.75 Å². The second-order valence-electron chi connectivity index (χ2n) is 7.18. The highest BCUT2D eigenvalue weighted by Gasteiger charge is 2.18. The number of urea groups is 1. The summed E-state index contributed by atoms with van der Waals surface area (Å²) >= 11 is 0. The van der Waals surface area contributed by atoms with E-state index in [1.54, 1.807) is 4.90 Å². The van der Waals surface area contributed by atoms with Crippen molar-refractivity contribution in [1.82, 2.24) is 4.90 Å². The molecule has 0 atom stereocenters. The van der Waals surface area contributed by atoms with Crippen molar-refractivity contribution in [3.8, 4) is 17.2 Å². The van der Waals surface area contributed by atoms with E-state index in [-0.39, 0.29) is 12.8 Å². The van der Waals surface area contributed by atoms with Crippen LogP contribution in [0.4, 0.5) is 10.5 Å². The summed E-state index contributed by atoms with van der Waals surface area (Å²) in [6.45, 7) is 3.31. The minimum absolute atomic E-state index is 0.135. The monoisotopic (exact) mass is 382 g/mol. The molecule has 6 nitrogen and oxygen atoms in total. The Hall–Kier alpha value is -2.89. The molecule has 28 heavy (non-hydrogen) atoms. The molecule has 4 rings (SSSR count). The molecule has 1 heterocycles. The van der Waals surface area contributed by atoms with Crippen molar-refractivity contribution < 1.29 is 19.0 Å². The van der Waals surface area contributed by atoms with Gasteiger partial charge in [-0.25, -0.2) is 4.79 Å². The number of ether oxygens (including phenoxy) is 3. The van der Waals surface area contributed by atoms with Gasteiger partial charge in [0, 0.05) is 18.8 Å². The van der Waals surface area contributed by atoms with Crippen molar-refractivity contribution >= 4 is 11.7 Å². The second kappa shape index (κ2) is 8.42. The van der Waals surface area contributed by atoms with E-state index in [0.29, 0.717) is 19.2 Å². The molecule has 0 radical (unpaired) electrons. The number of fused-ring (bicyclic) bond motifs is 1. The highest BCUT2D eigenvalue weighted by molar-refractivity contribution is 5.89. The quantitative estimate of drug-likeness (QED) is 0.780. The molecule has 1 fully saturated rings. The number of carbonyl (C=O) groups is 1. The lowest BCUT2D eigenvalue weighted by Crippen LogP contribution is -2.34. The summed E-state index contributed by atoms with van der Waals surface area (Å²) in [7, 11) is 0. The molecule has 1 aliphatic carbocycles. The maximum absolute atomic E-state index is 12.7. The van der Waals surface area contributed by atoms with Crippen LogP contribution in [0, 0.1) is 0 Å². The molecule has 1 N–H and O–H groups in total. The third-order valence-electron chi connectivity index (χ3n) is 5.19. The van der Waals surface area contributed by atoms with Crippen LogP contribution in [0.1, 0.15) is 38.2 Å². The van der Waals surface area contributed by atoms with Crippen LogP contribution in [0.25, 0.3) is 0 Å². The van der Waals surface area contributed by atoms with Gasteiger partial charge in [-0.3, -0.25) is 0 Å². The third-order valence-corrected chi connectivity index (χ3v) is 5.19. The normalized spacial score (nSPS) is 15.5. The zero-order valence-electron chi connectivity index (χ0n) is 16.1. The number of carbonyl (C=O) groups excluding carboxylic acids is 1. The summed E-state index contributed by atoms with van der Waals surface area (Å²) in [5.74, 6) is 2.33. The second-order valence-corrected chi connectivity index (χ2v) is 7.18. The molecule has 148 valence electrons.